The molecule has 0 saturated heterocycles. The van der Waals surface area contributed by atoms with Crippen LogP contribution in [-0.4, -0.2) is 19.1 Å². The van der Waals surface area contributed by atoms with Crippen LogP contribution >= 0.6 is 0 Å². The third-order valence-electron chi connectivity index (χ3n) is 6.74. The molecule has 164 valence electrons. The van der Waals surface area contributed by atoms with E-state index in [0.29, 0.717) is 11.6 Å². The van der Waals surface area contributed by atoms with Crippen LogP contribution in [0, 0.1) is 5.92 Å². The van der Waals surface area contributed by atoms with Crippen molar-refractivity contribution in [3.63, 3.8) is 0 Å². The van der Waals surface area contributed by atoms with E-state index < -0.39 is 0 Å². The fourth-order valence-corrected chi connectivity index (χ4v) is 4.91. The monoisotopic (exact) mass is 420 g/mol. The van der Waals surface area contributed by atoms with Gasteiger partial charge in [-0.3, -0.25) is 14.6 Å². The number of rotatable bonds is 3. The van der Waals surface area contributed by atoms with Crippen LogP contribution in [0.15, 0.2) is 34.1 Å². The maximum Gasteiger partial charge on any atom is 0.272 e. The Morgan fingerprint density at radius 1 is 1.16 bits per heavy atom. The van der Waals surface area contributed by atoms with Crippen molar-refractivity contribution in [2.75, 3.05) is 0 Å². The molecular formula is C25H32N4O2. The minimum absolute atomic E-state index is 0.0100. The van der Waals surface area contributed by atoms with Crippen LogP contribution in [0.3, 0.4) is 0 Å². The van der Waals surface area contributed by atoms with Crippen LogP contribution in [0.5, 0.6) is 0 Å². The molecular weight excluding hydrogens is 388 g/mol. The first kappa shape index (κ1) is 21.5. The number of hydrogen-bond donors (Lipinski definition) is 0. The van der Waals surface area contributed by atoms with Gasteiger partial charge in [0.15, 0.2) is 0 Å². The Kier molecular flexibility index (Phi) is 5.36. The van der Waals surface area contributed by atoms with E-state index in [0.717, 1.165) is 53.5 Å². The number of aromatic nitrogens is 4. The SMILES string of the molecule is CC(CC1CCc2nc(C(C)(C)C)c(=O)n(C)c2C1)c1cc2cnccc2n(C)c1=O. The van der Waals surface area contributed by atoms with Gasteiger partial charge in [0.25, 0.3) is 11.1 Å². The summed E-state index contributed by atoms with van der Waals surface area (Å²) < 4.78 is 3.53. The smallest absolute Gasteiger partial charge is 0.272 e. The Bertz CT molecular complexity index is 1260. The van der Waals surface area contributed by atoms with Crippen LogP contribution in [-0.2, 0) is 32.4 Å². The van der Waals surface area contributed by atoms with Gasteiger partial charge in [0.05, 0.1) is 11.2 Å². The maximum absolute atomic E-state index is 13.0. The van der Waals surface area contributed by atoms with Crippen LogP contribution in [0.4, 0.5) is 0 Å². The van der Waals surface area contributed by atoms with Gasteiger partial charge in [-0.1, -0.05) is 27.7 Å². The number of aryl methyl sites for hydroxylation is 2. The topological polar surface area (TPSA) is 69.8 Å². The average molecular weight is 421 g/mol. The van der Waals surface area contributed by atoms with E-state index in [2.05, 4.69) is 11.9 Å². The van der Waals surface area contributed by atoms with Gasteiger partial charge in [-0.15, -0.1) is 0 Å². The lowest BCUT2D eigenvalue weighted by atomic mass is 9.81. The highest BCUT2D eigenvalue weighted by Gasteiger charge is 2.29. The van der Waals surface area contributed by atoms with Crippen molar-refractivity contribution in [1.82, 2.24) is 19.1 Å². The lowest BCUT2D eigenvalue weighted by molar-refractivity contribution is 0.377. The molecule has 0 amide bonds. The second-order valence-corrected chi connectivity index (χ2v) is 10.1. The maximum atomic E-state index is 13.0. The number of hydrogen-bond acceptors (Lipinski definition) is 4. The summed E-state index contributed by atoms with van der Waals surface area (Å²) in [6, 6.07) is 3.88. The fourth-order valence-electron chi connectivity index (χ4n) is 4.91. The van der Waals surface area contributed by atoms with Gasteiger partial charge in [-0.2, -0.15) is 0 Å². The first-order chi connectivity index (χ1) is 14.6. The lowest BCUT2D eigenvalue weighted by Crippen LogP contribution is -2.36. The first-order valence-corrected chi connectivity index (χ1v) is 11.1. The zero-order valence-electron chi connectivity index (χ0n) is 19.4. The molecule has 0 aliphatic heterocycles. The van der Waals surface area contributed by atoms with E-state index in [-0.39, 0.29) is 22.5 Å². The molecule has 0 aromatic carbocycles. The molecule has 6 nitrogen and oxygen atoms in total. The van der Waals surface area contributed by atoms with Gasteiger partial charge in [0, 0.05) is 48.5 Å². The fraction of sp³-hybridized carbons (Fsp3) is 0.520. The van der Waals surface area contributed by atoms with E-state index in [1.807, 2.05) is 53.2 Å². The predicted molar refractivity (Wildman–Crippen MR) is 124 cm³/mol. The Hall–Kier alpha value is -2.76. The van der Waals surface area contributed by atoms with E-state index in [9.17, 15) is 9.59 Å². The Morgan fingerprint density at radius 3 is 2.61 bits per heavy atom. The van der Waals surface area contributed by atoms with Crippen molar-refractivity contribution in [2.24, 2.45) is 20.0 Å². The molecule has 0 spiro atoms. The second kappa shape index (κ2) is 7.74. The molecule has 0 N–H and O–H groups in total. The van der Waals surface area contributed by atoms with Gasteiger partial charge in [-0.25, -0.2) is 4.98 Å². The highest BCUT2D eigenvalue weighted by Crippen LogP contribution is 2.32. The summed E-state index contributed by atoms with van der Waals surface area (Å²) >= 11 is 0. The zero-order chi connectivity index (χ0) is 22.5. The summed E-state index contributed by atoms with van der Waals surface area (Å²) in [5, 5.41) is 0.988. The van der Waals surface area contributed by atoms with Crippen molar-refractivity contribution in [1.29, 1.82) is 0 Å². The van der Waals surface area contributed by atoms with E-state index in [4.69, 9.17) is 4.98 Å². The normalized spacial score (nSPS) is 17.5. The van der Waals surface area contributed by atoms with Gasteiger partial charge >= 0.3 is 0 Å². The van der Waals surface area contributed by atoms with Crippen molar-refractivity contribution >= 4 is 10.9 Å². The molecule has 0 radical (unpaired) electrons. The highest BCUT2D eigenvalue weighted by molar-refractivity contribution is 5.78. The van der Waals surface area contributed by atoms with E-state index in [1.54, 1.807) is 15.3 Å². The molecule has 0 bridgehead atoms. The van der Waals surface area contributed by atoms with Gasteiger partial charge in [-0.05, 0) is 49.7 Å². The minimum Gasteiger partial charge on any atom is -0.312 e. The second-order valence-electron chi connectivity index (χ2n) is 10.1. The van der Waals surface area contributed by atoms with Crippen molar-refractivity contribution in [3.8, 4) is 0 Å². The predicted octanol–water partition coefficient (Wildman–Crippen LogP) is 3.62. The summed E-state index contributed by atoms with van der Waals surface area (Å²) in [6.45, 7) is 8.25. The quantitative estimate of drug-likeness (QED) is 0.649. The molecule has 2 unspecified atom stereocenters. The Morgan fingerprint density at radius 2 is 1.90 bits per heavy atom. The molecule has 31 heavy (non-hydrogen) atoms. The minimum atomic E-state index is -0.264. The molecule has 1 aliphatic rings. The van der Waals surface area contributed by atoms with Gasteiger partial charge in [0.1, 0.15) is 5.69 Å². The summed E-state index contributed by atoms with van der Waals surface area (Å²) in [5.41, 5.74) is 4.30. The third kappa shape index (κ3) is 3.84. The van der Waals surface area contributed by atoms with Crippen LogP contribution in [0.1, 0.15) is 69.1 Å². The first-order valence-electron chi connectivity index (χ1n) is 11.1. The number of pyridine rings is 2. The van der Waals surface area contributed by atoms with Crippen LogP contribution in [0.2, 0.25) is 0 Å². The molecule has 0 fully saturated rings. The molecule has 6 heteroatoms. The number of fused-ring (bicyclic) bond motifs is 2. The lowest BCUT2D eigenvalue weighted by Gasteiger charge is -2.29. The van der Waals surface area contributed by atoms with Crippen molar-refractivity contribution in [2.45, 2.75) is 64.7 Å². The van der Waals surface area contributed by atoms with Crippen molar-refractivity contribution in [3.05, 3.63) is 67.9 Å². The summed E-state index contributed by atoms with van der Waals surface area (Å²) in [7, 11) is 3.70. The van der Waals surface area contributed by atoms with Crippen molar-refractivity contribution < 1.29 is 0 Å². The van der Waals surface area contributed by atoms with Gasteiger partial charge < -0.3 is 9.13 Å². The molecule has 1 aliphatic carbocycles. The van der Waals surface area contributed by atoms with Gasteiger partial charge in [0.2, 0.25) is 0 Å². The third-order valence-corrected chi connectivity index (χ3v) is 6.74. The number of nitrogens with zero attached hydrogens (tertiary/aromatic N) is 4. The standard InChI is InChI=1S/C25H32N4O2/c1-15(18-13-17-14-26-10-9-20(17)28(5)23(18)30)11-16-7-8-19-21(12-16)29(6)24(31)22(27-19)25(2,3)4/h9-10,13-16H,7-8,11-12H2,1-6H3. The summed E-state index contributed by atoms with van der Waals surface area (Å²) in [6.07, 6.45) is 7.18. The zero-order valence-corrected chi connectivity index (χ0v) is 19.4. The molecule has 0 saturated carbocycles. The largest absolute Gasteiger partial charge is 0.312 e. The Balaban J connectivity index is 1.61. The highest BCUT2D eigenvalue weighted by atomic mass is 16.1. The molecule has 3 aromatic heterocycles. The van der Waals surface area contributed by atoms with E-state index in [1.165, 1.54) is 0 Å². The van der Waals surface area contributed by atoms with Crippen LogP contribution in [0.25, 0.3) is 10.9 Å². The average Bonchev–Trinajstić information content (AvgIpc) is 2.72. The molecule has 3 aromatic rings. The van der Waals surface area contributed by atoms with Crippen LogP contribution < -0.4 is 11.1 Å². The Labute approximate surface area is 183 Å². The van der Waals surface area contributed by atoms with E-state index >= 15 is 0 Å². The summed E-state index contributed by atoms with van der Waals surface area (Å²) in [4.78, 5) is 34.9. The molecule has 3 heterocycles. The summed E-state index contributed by atoms with van der Waals surface area (Å²) in [5.74, 6) is 0.554. The molecule has 4 rings (SSSR count). The molecule has 2 atom stereocenters.